The molecular weight excluding hydrogens is 354 g/mol. The number of nitrogens with one attached hydrogen (secondary N) is 2. The number of methoxy groups -OCH3 is 1. The van der Waals surface area contributed by atoms with Crippen LogP contribution in [0.25, 0.3) is 0 Å². The Balaban J connectivity index is 1.86. The molecule has 6 heteroatoms. The third-order valence-electron chi connectivity index (χ3n) is 4.28. The van der Waals surface area contributed by atoms with Gasteiger partial charge >= 0.3 is 0 Å². The fourth-order valence-corrected chi connectivity index (χ4v) is 2.47. The first-order valence-electron chi connectivity index (χ1n) is 9.07. The Morgan fingerprint density at radius 1 is 0.964 bits per heavy atom. The van der Waals surface area contributed by atoms with E-state index >= 15 is 0 Å². The van der Waals surface area contributed by atoms with Crippen molar-refractivity contribution < 1.29 is 14.3 Å². The minimum atomic E-state index is -0.396. The molecule has 0 bridgehead atoms. The van der Waals surface area contributed by atoms with Gasteiger partial charge in [0.1, 0.15) is 5.75 Å². The van der Waals surface area contributed by atoms with Crippen LogP contribution < -0.4 is 15.5 Å². The number of rotatable bonds is 6. The molecule has 2 aromatic rings. The quantitative estimate of drug-likeness (QED) is 0.595. The highest BCUT2D eigenvalue weighted by Gasteiger charge is 2.14. The molecule has 0 fully saturated rings. The molecule has 2 amide bonds. The highest BCUT2D eigenvalue weighted by Crippen LogP contribution is 2.22. The SMILES string of the molecule is COc1ccc(C(C)=NNC(=O)CNC(=O)c2ccc(C(C)(C)C)cc2)cc1. The van der Waals surface area contributed by atoms with Crippen molar-refractivity contribution in [2.24, 2.45) is 5.10 Å². The molecular formula is C22H27N3O3. The minimum absolute atomic E-state index is 0.0225. The Hall–Kier alpha value is -3.15. The second kappa shape index (κ2) is 9.17. The highest BCUT2D eigenvalue weighted by molar-refractivity contribution is 6.00. The van der Waals surface area contributed by atoms with Gasteiger partial charge in [0.15, 0.2) is 0 Å². The van der Waals surface area contributed by atoms with Gasteiger partial charge in [0.25, 0.3) is 11.8 Å². The number of hydrazone groups is 1. The number of nitrogens with zero attached hydrogens (tertiary/aromatic N) is 1. The molecule has 6 nitrogen and oxygen atoms in total. The Bertz CT molecular complexity index is 848. The molecule has 148 valence electrons. The van der Waals surface area contributed by atoms with Crippen LogP contribution in [0.3, 0.4) is 0 Å². The maximum Gasteiger partial charge on any atom is 0.259 e. The molecule has 0 aliphatic rings. The summed E-state index contributed by atoms with van der Waals surface area (Å²) in [5.41, 5.74) is 5.64. The van der Waals surface area contributed by atoms with E-state index in [-0.39, 0.29) is 17.9 Å². The predicted octanol–water partition coefficient (Wildman–Crippen LogP) is 3.26. The standard InChI is InChI=1S/C22H27N3O3/c1-15(16-8-12-19(28-5)13-9-16)24-25-20(26)14-23-21(27)17-6-10-18(11-7-17)22(2,3)4/h6-13H,14H2,1-5H3,(H,23,27)(H,25,26). The normalized spacial score (nSPS) is 11.7. The first-order chi connectivity index (χ1) is 13.2. The van der Waals surface area contributed by atoms with E-state index in [1.54, 1.807) is 26.2 Å². The predicted molar refractivity (Wildman–Crippen MR) is 111 cm³/mol. The fourth-order valence-electron chi connectivity index (χ4n) is 2.47. The zero-order chi connectivity index (χ0) is 20.7. The number of hydrogen-bond acceptors (Lipinski definition) is 4. The smallest absolute Gasteiger partial charge is 0.259 e. The van der Waals surface area contributed by atoms with E-state index in [0.29, 0.717) is 11.3 Å². The van der Waals surface area contributed by atoms with Gasteiger partial charge in [-0.2, -0.15) is 5.10 Å². The number of benzene rings is 2. The lowest BCUT2D eigenvalue weighted by Crippen LogP contribution is -2.35. The van der Waals surface area contributed by atoms with E-state index < -0.39 is 5.91 Å². The topological polar surface area (TPSA) is 79.8 Å². The van der Waals surface area contributed by atoms with Crippen molar-refractivity contribution in [3.8, 4) is 5.75 Å². The van der Waals surface area contributed by atoms with Crippen LogP contribution in [0.5, 0.6) is 5.75 Å². The number of carbonyl (C=O) groups is 2. The van der Waals surface area contributed by atoms with Gasteiger partial charge in [0.2, 0.25) is 0 Å². The lowest BCUT2D eigenvalue weighted by molar-refractivity contribution is -0.120. The van der Waals surface area contributed by atoms with Crippen LogP contribution in [0.1, 0.15) is 49.2 Å². The van der Waals surface area contributed by atoms with Gasteiger partial charge in [0, 0.05) is 5.56 Å². The van der Waals surface area contributed by atoms with Gasteiger partial charge < -0.3 is 10.1 Å². The summed E-state index contributed by atoms with van der Waals surface area (Å²) in [6.45, 7) is 7.97. The van der Waals surface area contributed by atoms with Crippen LogP contribution in [-0.2, 0) is 10.2 Å². The zero-order valence-corrected chi connectivity index (χ0v) is 17.0. The lowest BCUT2D eigenvalue weighted by Gasteiger charge is -2.19. The van der Waals surface area contributed by atoms with Crippen LogP contribution in [0.2, 0.25) is 0 Å². The average molecular weight is 381 g/mol. The average Bonchev–Trinajstić information content (AvgIpc) is 2.69. The first-order valence-corrected chi connectivity index (χ1v) is 9.07. The Morgan fingerprint density at radius 3 is 2.07 bits per heavy atom. The maximum atomic E-state index is 12.2. The summed E-state index contributed by atoms with van der Waals surface area (Å²) in [5, 5.41) is 6.66. The van der Waals surface area contributed by atoms with E-state index in [9.17, 15) is 9.59 Å². The first kappa shape index (κ1) is 21.2. The summed E-state index contributed by atoms with van der Waals surface area (Å²) in [6.07, 6.45) is 0. The van der Waals surface area contributed by atoms with E-state index in [2.05, 4.69) is 36.6 Å². The molecule has 0 spiro atoms. The van der Waals surface area contributed by atoms with E-state index in [1.165, 1.54) is 0 Å². The van der Waals surface area contributed by atoms with Crippen LogP contribution in [0.4, 0.5) is 0 Å². The molecule has 0 unspecified atom stereocenters. The van der Waals surface area contributed by atoms with Crippen LogP contribution in [0.15, 0.2) is 53.6 Å². The highest BCUT2D eigenvalue weighted by atomic mass is 16.5. The summed E-state index contributed by atoms with van der Waals surface area (Å²) in [6, 6.07) is 14.7. The third-order valence-corrected chi connectivity index (χ3v) is 4.28. The second-order valence-corrected chi connectivity index (χ2v) is 7.47. The van der Waals surface area contributed by atoms with Gasteiger partial charge in [0.05, 0.1) is 19.4 Å². The molecule has 0 atom stereocenters. The molecule has 0 radical (unpaired) electrons. The van der Waals surface area contributed by atoms with Gasteiger partial charge in [-0.25, -0.2) is 5.43 Å². The molecule has 0 heterocycles. The van der Waals surface area contributed by atoms with Crippen LogP contribution >= 0.6 is 0 Å². The molecule has 2 N–H and O–H groups in total. The largest absolute Gasteiger partial charge is 0.497 e. The number of ether oxygens (including phenoxy) is 1. The molecule has 0 saturated heterocycles. The molecule has 2 rings (SSSR count). The van der Waals surface area contributed by atoms with Crippen molar-refractivity contribution in [3.05, 3.63) is 65.2 Å². The zero-order valence-electron chi connectivity index (χ0n) is 17.0. The second-order valence-electron chi connectivity index (χ2n) is 7.47. The Labute approximate surface area is 166 Å². The Kier molecular flexibility index (Phi) is 6.93. The maximum absolute atomic E-state index is 12.2. The van der Waals surface area contributed by atoms with Gasteiger partial charge in [-0.15, -0.1) is 0 Å². The fraction of sp³-hybridized carbons (Fsp3) is 0.318. The summed E-state index contributed by atoms with van der Waals surface area (Å²) < 4.78 is 5.11. The number of amides is 2. The van der Waals surface area contributed by atoms with Crippen molar-refractivity contribution in [2.45, 2.75) is 33.1 Å². The summed E-state index contributed by atoms with van der Waals surface area (Å²) >= 11 is 0. The summed E-state index contributed by atoms with van der Waals surface area (Å²) in [4.78, 5) is 24.1. The van der Waals surface area contributed by atoms with Crippen LogP contribution in [0, 0.1) is 0 Å². The summed E-state index contributed by atoms with van der Waals surface area (Å²) in [5.74, 6) is 0.0535. The number of carbonyl (C=O) groups excluding carboxylic acids is 2. The minimum Gasteiger partial charge on any atom is -0.497 e. The Morgan fingerprint density at radius 2 is 1.54 bits per heavy atom. The summed E-state index contributed by atoms with van der Waals surface area (Å²) in [7, 11) is 1.60. The van der Waals surface area contributed by atoms with Crippen molar-refractivity contribution in [1.82, 2.24) is 10.7 Å². The molecule has 0 aliphatic carbocycles. The molecule has 0 aliphatic heterocycles. The third kappa shape index (κ3) is 5.94. The van der Waals surface area contributed by atoms with E-state index in [1.807, 2.05) is 36.4 Å². The molecule has 0 saturated carbocycles. The van der Waals surface area contributed by atoms with Gasteiger partial charge in [-0.3, -0.25) is 9.59 Å². The van der Waals surface area contributed by atoms with Crippen molar-refractivity contribution in [3.63, 3.8) is 0 Å². The van der Waals surface area contributed by atoms with Crippen LogP contribution in [-0.4, -0.2) is 31.2 Å². The van der Waals surface area contributed by atoms with E-state index in [0.717, 1.165) is 16.9 Å². The van der Waals surface area contributed by atoms with Crippen molar-refractivity contribution in [1.29, 1.82) is 0 Å². The van der Waals surface area contributed by atoms with Gasteiger partial charge in [-0.05, 0) is 59.9 Å². The molecule has 2 aromatic carbocycles. The van der Waals surface area contributed by atoms with Crippen molar-refractivity contribution >= 4 is 17.5 Å². The van der Waals surface area contributed by atoms with Crippen molar-refractivity contribution in [2.75, 3.05) is 13.7 Å². The number of hydrogen-bond donors (Lipinski definition) is 2. The van der Waals surface area contributed by atoms with Gasteiger partial charge in [-0.1, -0.05) is 32.9 Å². The van der Waals surface area contributed by atoms with E-state index in [4.69, 9.17) is 4.74 Å². The molecule has 0 aromatic heterocycles. The lowest BCUT2D eigenvalue weighted by atomic mass is 9.87. The monoisotopic (exact) mass is 381 g/mol. The molecule has 28 heavy (non-hydrogen) atoms.